The first kappa shape index (κ1) is 14.7. The van der Waals surface area contributed by atoms with Gasteiger partial charge in [-0.2, -0.15) is 0 Å². The second-order valence-electron chi connectivity index (χ2n) is 6.11. The van der Waals surface area contributed by atoms with E-state index < -0.39 is 0 Å². The lowest BCUT2D eigenvalue weighted by atomic mass is 10.0. The van der Waals surface area contributed by atoms with E-state index in [-0.39, 0.29) is 0 Å². The van der Waals surface area contributed by atoms with Crippen LogP contribution in [0.4, 0.5) is 0 Å². The van der Waals surface area contributed by atoms with Crippen LogP contribution in [0.15, 0.2) is 6.07 Å². The molecule has 1 fully saturated rings. The van der Waals surface area contributed by atoms with E-state index in [0.29, 0.717) is 23.5 Å². The molecule has 0 amide bonds. The van der Waals surface area contributed by atoms with E-state index in [1.54, 1.807) is 0 Å². The maximum Gasteiger partial charge on any atom is 0.224 e. The van der Waals surface area contributed by atoms with E-state index in [0.717, 1.165) is 37.1 Å². The molecule has 1 aliphatic carbocycles. The molecule has 1 aromatic heterocycles. The first-order valence-electron chi connectivity index (χ1n) is 7.81. The lowest BCUT2D eigenvalue weighted by Crippen LogP contribution is -2.40. The summed E-state index contributed by atoms with van der Waals surface area (Å²) in [4.78, 5) is 7.43. The van der Waals surface area contributed by atoms with Crippen molar-refractivity contribution in [2.45, 2.75) is 44.6 Å². The SMILES string of the molecule is CN1CCCCC1COc1nc2c(cc1C(N)=S)CCC2. The second kappa shape index (κ2) is 6.28. The Hall–Kier alpha value is -1.20. The summed E-state index contributed by atoms with van der Waals surface area (Å²) in [6, 6.07) is 2.55. The molecule has 2 heterocycles. The minimum atomic E-state index is 0.379. The van der Waals surface area contributed by atoms with Crippen molar-refractivity contribution in [3.05, 3.63) is 22.9 Å². The molecule has 1 unspecified atom stereocenters. The highest BCUT2D eigenvalue weighted by atomic mass is 32.1. The molecule has 5 heteroatoms. The van der Waals surface area contributed by atoms with Crippen LogP contribution in [0, 0.1) is 0 Å². The van der Waals surface area contributed by atoms with Gasteiger partial charge in [-0.05, 0) is 57.3 Å². The Labute approximate surface area is 131 Å². The lowest BCUT2D eigenvalue weighted by molar-refractivity contribution is 0.122. The number of nitrogens with two attached hydrogens (primary N) is 1. The molecular weight excluding hydrogens is 282 g/mol. The number of aryl methyl sites for hydroxylation is 2. The summed E-state index contributed by atoms with van der Waals surface area (Å²) in [6.45, 7) is 1.81. The summed E-state index contributed by atoms with van der Waals surface area (Å²) >= 11 is 5.16. The van der Waals surface area contributed by atoms with Crippen LogP contribution in [-0.4, -0.2) is 41.1 Å². The fourth-order valence-electron chi connectivity index (χ4n) is 3.27. The number of rotatable bonds is 4. The average molecular weight is 305 g/mol. The van der Waals surface area contributed by atoms with Crippen molar-refractivity contribution in [3.8, 4) is 5.88 Å². The third-order valence-corrected chi connectivity index (χ3v) is 4.84. The van der Waals surface area contributed by atoms with Crippen LogP contribution < -0.4 is 10.5 Å². The van der Waals surface area contributed by atoms with Gasteiger partial charge in [-0.1, -0.05) is 18.6 Å². The van der Waals surface area contributed by atoms with Crippen LogP contribution in [0.5, 0.6) is 5.88 Å². The van der Waals surface area contributed by atoms with Gasteiger partial charge in [0.2, 0.25) is 5.88 Å². The Kier molecular flexibility index (Phi) is 4.40. The molecule has 0 spiro atoms. The first-order valence-corrected chi connectivity index (χ1v) is 8.21. The fraction of sp³-hybridized carbons (Fsp3) is 0.625. The van der Waals surface area contributed by atoms with Crippen molar-refractivity contribution >= 4 is 17.2 Å². The van der Waals surface area contributed by atoms with Crippen molar-refractivity contribution in [2.24, 2.45) is 5.73 Å². The van der Waals surface area contributed by atoms with Crippen molar-refractivity contribution in [3.63, 3.8) is 0 Å². The number of fused-ring (bicyclic) bond motifs is 1. The number of thiocarbonyl (C=S) groups is 1. The normalized spacial score (nSPS) is 22.0. The Morgan fingerprint density at radius 2 is 2.29 bits per heavy atom. The van der Waals surface area contributed by atoms with Crippen molar-refractivity contribution in [1.29, 1.82) is 0 Å². The van der Waals surface area contributed by atoms with Crippen molar-refractivity contribution in [2.75, 3.05) is 20.2 Å². The molecular formula is C16H23N3OS. The maximum atomic E-state index is 6.01. The summed E-state index contributed by atoms with van der Waals surface area (Å²) < 4.78 is 6.01. The molecule has 114 valence electrons. The predicted octanol–water partition coefficient (Wildman–Crippen LogP) is 2.07. The van der Waals surface area contributed by atoms with E-state index in [4.69, 9.17) is 22.7 Å². The van der Waals surface area contributed by atoms with Gasteiger partial charge in [0.25, 0.3) is 0 Å². The molecule has 2 N–H and O–H groups in total. The molecule has 1 atom stereocenters. The zero-order valence-corrected chi connectivity index (χ0v) is 13.4. The number of likely N-dealkylation sites (tertiary alicyclic amines) is 1. The van der Waals surface area contributed by atoms with E-state index in [1.165, 1.54) is 24.8 Å². The van der Waals surface area contributed by atoms with Gasteiger partial charge in [0, 0.05) is 11.7 Å². The molecule has 1 aliphatic heterocycles. The minimum absolute atomic E-state index is 0.379. The van der Waals surface area contributed by atoms with Crippen LogP contribution in [0.2, 0.25) is 0 Å². The molecule has 1 aromatic rings. The van der Waals surface area contributed by atoms with Crippen LogP contribution in [0.25, 0.3) is 0 Å². The smallest absolute Gasteiger partial charge is 0.224 e. The number of piperidine rings is 1. The van der Waals surface area contributed by atoms with E-state index in [2.05, 4.69) is 23.0 Å². The topological polar surface area (TPSA) is 51.4 Å². The summed E-state index contributed by atoms with van der Waals surface area (Å²) in [7, 11) is 2.16. The number of pyridine rings is 1. The molecule has 1 saturated heterocycles. The minimum Gasteiger partial charge on any atom is -0.475 e. The van der Waals surface area contributed by atoms with Crippen LogP contribution in [-0.2, 0) is 12.8 Å². The largest absolute Gasteiger partial charge is 0.475 e. The molecule has 0 bridgehead atoms. The maximum absolute atomic E-state index is 6.01. The van der Waals surface area contributed by atoms with E-state index >= 15 is 0 Å². The zero-order chi connectivity index (χ0) is 14.8. The molecule has 0 saturated carbocycles. The third-order valence-electron chi connectivity index (χ3n) is 4.62. The fourth-order valence-corrected chi connectivity index (χ4v) is 3.42. The first-order chi connectivity index (χ1) is 10.1. The lowest BCUT2D eigenvalue weighted by Gasteiger charge is -2.32. The number of likely N-dealkylation sites (N-methyl/N-ethyl adjacent to an activating group) is 1. The number of hydrogen-bond donors (Lipinski definition) is 1. The van der Waals surface area contributed by atoms with E-state index in [1.807, 2.05) is 0 Å². The van der Waals surface area contributed by atoms with Gasteiger partial charge < -0.3 is 15.4 Å². The van der Waals surface area contributed by atoms with Crippen molar-refractivity contribution < 1.29 is 4.74 Å². The highest BCUT2D eigenvalue weighted by molar-refractivity contribution is 7.80. The number of nitrogens with zero attached hydrogens (tertiary/aromatic N) is 2. The molecule has 0 radical (unpaired) electrons. The molecule has 21 heavy (non-hydrogen) atoms. The Balaban J connectivity index is 1.76. The zero-order valence-electron chi connectivity index (χ0n) is 12.6. The van der Waals surface area contributed by atoms with Gasteiger partial charge >= 0.3 is 0 Å². The number of ether oxygens (including phenoxy) is 1. The predicted molar refractivity (Wildman–Crippen MR) is 87.9 cm³/mol. The van der Waals surface area contributed by atoms with E-state index in [9.17, 15) is 0 Å². The summed E-state index contributed by atoms with van der Waals surface area (Å²) in [5.41, 5.74) is 9.07. The highest BCUT2D eigenvalue weighted by Gasteiger charge is 2.22. The summed E-state index contributed by atoms with van der Waals surface area (Å²) in [5.74, 6) is 0.627. The van der Waals surface area contributed by atoms with Crippen LogP contribution >= 0.6 is 12.2 Å². The number of hydrogen-bond acceptors (Lipinski definition) is 4. The molecule has 2 aliphatic rings. The third kappa shape index (κ3) is 3.19. The average Bonchev–Trinajstić information content (AvgIpc) is 2.92. The molecule has 3 rings (SSSR count). The Morgan fingerprint density at radius 1 is 1.43 bits per heavy atom. The molecule has 4 nitrogen and oxygen atoms in total. The van der Waals surface area contributed by atoms with Crippen LogP contribution in [0.3, 0.4) is 0 Å². The Bertz CT molecular complexity index is 547. The van der Waals surface area contributed by atoms with Gasteiger partial charge in [-0.15, -0.1) is 0 Å². The Morgan fingerprint density at radius 3 is 3.05 bits per heavy atom. The number of aromatic nitrogens is 1. The van der Waals surface area contributed by atoms with Gasteiger partial charge in [0.15, 0.2) is 0 Å². The van der Waals surface area contributed by atoms with Gasteiger partial charge in [0.1, 0.15) is 11.6 Å². The van der Waals surface area contributed by atoms with Crippen LogP contribution in [0.1, 0.15) is 42.5 Å². The van der Waals surface area contributed by atoms with Gasteiger partial charge in [-0.25, -0.2) is 4.98 Å². The summed E-state index contributed by atoms with van der Waals surface area (Å²) in [6.07, 6.45) is 7.01. The summed E-state index contributed by atoms with van der Waals surface area (Å²) in [5, 5.41) is 0. The highest BCUT2D eigenvalue weighted by Crippen LogP contribution is 2.27. The monoisotopic (exact) mass is 305 g/mol. The quantitative estimate of drug-likeness (QED) is 0.863. The van der Waals surface area contributed by atoms with Gasteiger partial charge in [0.05, 0.1) is 5.56 Å². The standard InChI is InChI=1S/C16H23N3OS/c1-19-8-3-2-6-12(19)10-20-16-13(15(17)21)9-11-5-4-7-14(11)18-16/h9,12H,2-8,10H2,1H3,(H2,17,21). The van der Waals surface area contributed by atoms with Crippen molar-refractivity contribution in [1.82, 2.24) is 9.88 Å². The second-order valence-corrected chi connectivity index (χ2v) is 6.55. The van der Waals surface area contributed by atoms with Gasteiger partial charge in [-0.3, -0.25) is 0 Å². The molecule has 0 aromatic carbocycles.